The number of benzene rings is 3. The quantitative estimate of drug-likeness (QED) is 0.190. The Morgan fingerprint density at radius 1 is 1.04 bits per heavy atom. The number of morpholine rings is 1. The topological polar surface area (TPSA) is 118 Å². The van der Waals surface area contributed by atoms with Crippen LogP contribution in [0.3, 0.4) is 0 Å². The van der Waals surface area contributed by atoms with Crippen LogP contribution in [0.2, 0.25) is 0 Å². The van der Waals surface area contributed by atoms with E-state index in [1.807, 2.05) is 0 Å². The summed E-state index contributed by atoms with van der Waals surface area (Å²) in [4.78, 5) is 43.7. The zero-order chi connectivity index (χ0) is 33.0. The predicted molar refractivity (Wildman–Crippen MR) is 163 cm³/mol. The van der Waals surface area contributed by atoms with E-state index in [4.69, 9.17) is 9.47 Å². The van der Waals surface area contributed by atoms with Gasteiger partial charge in [0, 0.05) is 55.3 Å². The lowest BCUT2D eigenvalue weighted by Gasteiger charge is -2.29. The van der Waals surface area contributed by atoms with Crippen LogP contribution < -0.4 is 10.1 Å². The number of carbonyl (C=O) groups is 3. The van der Waals surface area contributed by atoms with Crippen LogP contribution in [0.5, 0.6) is 11.5 Å². The average molecular weight is 634 g/mol. The van der Waals surface area contributed by atoms with Gasteiger partial charge in [-0.2, -0.15) is 13.2 Å². The molecule has 1 aliphatic heterocycles. The average Bonchev–Trinajstić information content (AvgIpc) is 3.07. The van der Waals surface area contributed by atoms with Gasteiger partial charge in [0.15, 0.2) is 5.78 Å². The summed E-state index contributed by atoms with van der Waals surface area (Å²) in [5, 5.41) is 14.4. The number of rotatable bonds is 9. The summed E-state index contributed by atoms with van der Waals surface area (Å²) < 4.78 is 53.9. The van der Waals surface area contributed by atoms with Crippen LogP contribution >= 0.6 is 0 Å². The molecule has 2 heterocycles. The van der Waals surface area contributed by atoms with Crippen molar-refractivity contribution >= 4 is 28.4 Å². The molecule has 0 radical (unpaired) electrons. The first-order chi connectivity index (χ1) is 22.0. The van der Waals surface area contributed by atoms with Crippen LogP contribution in [0.15, 0.2) is 85.1 Å². The molecule has 1 aliphatic rings. The first kappa shape index (κ1) is 32.3. The molecule has 1 fully saturated rings. The van der Waals surface area contributed by atoms with Gasteiger partial charge in [-0.05, 0) is 34.7 Å². The maximum Gasteiger partial charge on any atom is 0.416 e. The van der Waals surface area contributed by atoms with Crippen molar-refractivity contribution in [3.63, 3.8) is 0 Å². The van der Waals surface area contributed by atoms with Gasteiger partial charge in [-0.1, -0.05) is 49.0 Å². The number of ketones is 1. The predicted octanol–water partition coefficient (Wildman–Crippen LogP) is 5.28. The van der Waals surface area contributed by atoms with Crippen LogP contribution in [0, 0.1) is 0 Å². The number of ether oxygens (including phenoxy) is 2. The van der Waals surface area contributed by atoms with E-state index in [-0.39, 0.29) is 61.0 Å². The minimum atomic E-state index is -4.88. The van der Waals surface area contributed by atoms with Crippen LogP contribution in [-0.4, -0.2) is 65.9 Å². The van der Waals surface area contributed by atoms with Crippen molar-refractivity contribution in [2.24, 2.45) is 0 Å². The maximum atomic E-state index is 14.2. The Morgan fingerprint density at radius 2 is 1.76 bits per heavy atom. The number of nitrogens with one attached hydrogen (secondary N) is 1. The number of amides is 2. The van der Waals surface area contributed by atoms with Gasteiger partial charge in [0.2, 0.25) is 0 Å². The number of fused-ring (bicyclic) bond motifs is 1. The number of halogens is 3. The lowest BCUT2D eigenvalue weighted by molar-refractivity contribution is -0.139. The van der Waals surface area contributed by atoms with Gasteiger partial charge >= 0.3 is 6.18 Å². The lowest BCUT2D eigenvalue weighted by atomic mass is 9.92. The molecule has 1 aromatic heterocycles. The SMILES string of the molecule is C=C(C(=O)N1CCOCC1)C(O)c1ccc(CC(=O)c2cccc3c(Oc4ccnc(C(=O)NC)c4)cccc23)cc1C(F)(F)F. The third-order valence-electron chi connectivity index (χ3n) is 7.59. The molecule has 4 aromatic rings. The Labute approximate surface area is 262 Å². The first-order valence-electron chi connectivity index (χ1n) is 14.3. The molecule has 0 bridgehead atoms. The summed E-state index contributed by atoms with van der Waals surface area (Å²) in [7, 11) is 1.48. The van der Waals surface area contributed by atoms with Crippen molar-refractivity contribution < 1.29 is 42.1 Å². The van der Waals surface area contributed by atoms with Crippen molar-refractivity contribution in [3.8, 4) is 11.5 Å². The number of pyridine rings is 1. The van der Waals surface area contributed by atoms with Gasteiger partial charge in [0.1, 0.15) is 23.3 Å². The van der Waals surface area contributed by atoms with Gasteiger partial charge < -0.3 is 24.8 Å². The second-order valence-corrected chi connectivity index (χ2v) is 10.6. The number of hydrogen-bond donors (Lipinski definition) is 2. The molecule has 2 amide bonds. The monoisotopic (exact) mass is 633 g/mol. The van der Waals surface area contributed by atoms with Crippen molar-refractivity contribution in [2.45, 2.75) is 18.7 Å². The maximum absolute atomic E-state index is 14.2. The van der Waals surface area contributed by atoms with E-state index in [0.29, 0.717) is 22.3 Å². The largest absolute Gasteiger partial charge is 0.457 e. The fraction of sp³-hybridized carbons (Fsp3) is 0.235. The molecular formula is C34H30F3N3O6. The van der Waals surface area contributed by atoms with E-state index in [1.54, 1.807) is 42.5 Å². The Kier molecular flexibility index (Phi) is 9.49. The summed E-state index contributed by atoms with van der Waals surface area (Å²) in [6.07, 6.45) is -5.72. The highest BCUT2D eigenvalue weighted by Crippen LogP contribution is 2.38. The van der Waals surface area contributed by atoms with Crippen molar-refractivity contribution in [3.05, 3.63) is 113 Å². The van der Waals surface area contributed by atoms with E-state index < -0.39 is 35.1 Å². The van der Waals surface area contributed by atoms with Crippen LogP contribution in [0.25, 0.3) is 10.8 Å². The van der Waals surface area contributed by atoms with E-state index in [2.05, 4.69) is 16.9 Å². The highest BCUT2D eigenvalue weighted by atomic mass is 19.4. The molecule has 5 rings (SSSR count). The number of carbonyl (C=O) groups excluding carboxylic acids is 3. The number of aromatic nitrogens is 1. The van der Waals surface area contributed by atoms with Crippen molar-refractivity contribution in [1.82, 2.24) is 15.2 Å². The molecule has 0 spiro atoms. The van der Waals surface area contributed by atoms with Crippen LogP contribution in [-0.2, 0) is 22.1 Å². The normalized spacial score (nSPS) is 14.1. The number of aliphatic hydroxyl groups excluding tert-OH is 1. The number of Topliss-reactive ketones (excluding diaryl/α,β-unsaturated/α-hetero) is 1. The van der Waals surface area contributed by atoms with E-state index in [9.17, 15) is 32.7 Å². The van der Waals surface area contributed by atoms with Gasteiger partial charge in [-0.3, -0.25) is 19.4 Å². The minimum absolute atomic E-state index is 0.0707. The number of hydrogen-bond acceptors (Lipinski definition) is 7. The fourth-order valence-corrected chi connectivity index (χ4v) is 5.22. The molecule has 2 N–H and O–H groups in total. The molecule has 12 heteroatoms. The smallest absolute Gasteiger partial charge is 0.416 e. The standard InChI is InChI=1S/C34H30F3N3O6/c1-20(33(44)40-13-15-45-16-14-40)31(42)26-10-9-21(17-27(26)34(35,36)37)18-29(41)24-6-3-7-25-23(24)5-4-8-30(25)46-22-11-12-39-28(19-22)32(43)38-2/h3-12,17,19,31,42H,1,13-16,18H2,2H3,(H,38,43). The third kappa shape index (κ3) is 6.93. The molecule has 46 heavy (non-hydrogen) atoms. The van der Waals surface area contributed by atoms with E-state index >= 15 is 0 Å². The summed E-state index contributed by atoms with van der Waals surface area (Å²) in [5.74, 6) is -0.751. The summed E-state index contributed by atoms with van der Waals surface area (Å²) in [6, 6.07) is 16.3. The van der Waals surface area contributed by atoms with E-state index in [0.717, 1.165) is 12.1 Å². The second-order valence-electron chi connectivity index (χ2n) is 10.6. The molecule has 238 valence electrons. The number of aliphatic hydroxyl groups is 1. The van der Waals surface area contributed by atoms with E-state index in [1.165, 1.54) is 30.3 Å². The van der Waals surface area contributed by atoms with Gasteiger partial charge in [-0.15, -0.1) is 0 Å². The van der Waals surface area contributed by atoms with Crippen molar-refractivity contribution in [1.29, 1.82) is 0 Å². The minimum Gasteiger partial charge on any atom is -0.457 e. The molecule has 0 aliphatic carbocycles. The molecule has 1 atom stereocenters. The van der Waals surface area contributed by atoms with Gasteiger partial charge in [0.25, 0.3) is 11.8 Å². The first-order valence-corrected chi connectivity index (χ1v) is 14.3. The third-order valence-corrected chi connectivity index (χ3v) is 7.59. The molecule has 0 saturated carbocycles. The highest BCUT2D eigenvalue weighted by molar-refractivity contribution is 6.10. The van der Waals surface area contributed by atoms with Crippen LogP contribution in [0.4, 0.5) is 13.2 Å². The Morgan fingerprint density at radius 3 is 2.48 bits per heavy atom. The summed E-state index contributed by atoms with van der Waals surface area (Å²) in [6.45, 7) is 4.62. The summed E-state index contributed by atoms with van der Waals surface area (Å²) in [5.41, 5.74) is -1.59. The van der Waals surface area contributed by atoms with Crippen LogP contribution in [0.1, 0.15) is 43.6 Å². The zero-order valence-corrected chi connectivity index (χ0v) is 24.8. The second kappa shape index (κ2) is 13.5. The molecule has 3 aromatic carbocycles. The van der Waals surface area contributed by atoms with Gasteiger partial charge in [0.05, 0.1) is 18.8 Å². The Bertz CT molecular complexity index is 1820. The molecule has 1 saturated heterocycles. The number of nitrogens with zero attached hydrogens (tertiary/aromatic N) is 2. The summed E-state index contributed by atoms with van der Waals surface area (Å²) >= 11 is 0. The zero-order valence-electron chi connectivity index (χ0n) is 24.8. The Hall–Kier alpha value is -5.07. The Balaban J connectivity index is 1.40. The number of alkyl halides is 3. The van der Waals surface area contributed by atoms with Gasteiger partial charge in [-0.25, -0.2) is 0 Å². The fourth-order valence-electron chi connectivity index (χ4n) is 5.22. The molecule has 9 nitrogen and oxygen atoms in total. The lowest BCUT2D eigenvalue weighted by Crippen LogP contribution is -2.42. The highest BCUT2D eigenvalue weighted by Gasteiger charge is 2.37. The van der Waals surface area contributed by atoms with Crippen molar-refractivity contribution in [2.75, 3.05) is 33.4 Å². The molecule has 1 unspecified atom stereocenters. The molecular weight excluding hydrogens is 603 g/mol.